The van der Waals surface area contributed by atoms with Crippen LogP contribution in [0.2, 0.25) is 0 Å². The lowest BCUT2D eigenvalue weighted by atomic mass is 10.4. The summed E-state index contributed by atoms with van der Waals surface area (Å²) >= 11 is 0. The number of rotatable bonds is 3. The zero-order valence-electron chi connectivity index (χ0n) is 8.73. The number of nitrogens with two attached hydrogens (primary N) is 1. The molecule has 0 bridgehead atoms. The predicted octanol–water partition coefficient (Wildman–Crippen LogP) is -0.996. The van der Waals surface area contributed by atoms with E-state index in [1.54, 1.807) is 4.98 Å². The molecule has 0 atom stereocenters. The van der Waals surface area contributed by atoms with Crippen LogP contribution in [0.1, 0.15) is 6.42 Å². The van der Waals surface area contributed by atoms with E-state index in [2.05, 4.69) is 5.32 Å². The Morgan fingerprint density at radius 1 is 1.53 bits per heavy atom. The fraction of sp³-hybridized carbons (Fsp3) is 0.375. The van der Waals surface area contributed by atoms with E-state index in [0.29, 0.717) is 23.7 Å². The zero-order valence-corrected chi connectivity index (χ0v) is 9.55. The molecule has 0 aliphatic carbocycles. The Morgan fingerprint density at radius 3 is 2.76 bits per heavy atom. The summed E-state index contributed by atoms with van der Waals surface area (Å²) < 4.78 is 13.3. The first-order valence-corrected chi connectivity index (χ1v) is 4.56. The summed E-state index contributed by atoms with van der Waals surface area (Å²) in [5.74, 6) is -1.20. The van der Waals surface area contributed by atoms with Crippen molar-refractivity contribution in [2.45, 2.75) is 6.42 Å². The Bertz CT molecular complexity index is 498. The number of aromatic nitrogens is 2. The van der Waals surface area contributed by atoms with E-state index in [4.69, 9.17) is 5.73 Å². The molecule has 0 aliphatic heterocycles. The number of hydrogen-bond acceptors (Lipinski definition) is 4. The van der Waals surface area contributed by atoms with Crippen molar-refractivity contribution in [3.63, 3.8) is 0 Å². The molecule has 0 aliphatic rings. The van der Waals surface area contributed by atoms with Crippen molar-refractivity contribution in [3.8, 4) is 0 Å². The second kappa shape index (κ2) is 6.81. The van der Waals surface area contributed by atoms with Crippen LogP contribution < -0.4 is 22.3 Å². The molecule has 1 aromatic rings. The average Bonchev–Trinajstić information content (AvgIpc) is 2.23. The Kier molecular flexibility index (Phi) is 6.15. The van der Waals surface area contributed by atoms with Gasteiger partial charge in [0.1, 0.15) is 0 Å². The van der Waals surface area contributed by atoms with Gasteiger partial charge in [-0.3, -0.25) is 9.78 Å². The van der Waals surface area contributed by atoms with Crippen LogP contribution in [0.3, 0.4) is 0 Å². The number of amides is 1. The van der Waals surface area contributed by atoms with E-state index in [1.807, 2.05) is 0 Å². The van der Waals surface area contributed by atoms with Crippen molar-refractivity contribution in [3.05, 3.63) is 32.9 Å². The summed E-state index contributed by atoms with van der Waals surface area (Å²) in [6.45, 7) is 0.650. The predicted molar refractivity (Wildman–Crippen MR) is 61.0 cm³/mol. The van der Waals surface area contributed by atoms with Gasteiger partial charge >= 0.3 is 11.7 Å². The maximum Gasteiger partial charge on any atom is 0.336 e. The number of nitrogens with one attached hydrogen (secondary N) is 2. The summed E-state index contributed by atoms with van der Waals surface area (Å²) in [7, 11) is 0. The Labute approximate surface area is 101 Å². The molecule has 0 spiro atoms. The standard InChI is InChI=1S/C8H11FN4O3.ClH/c9-5-4-13(8(16)12-6(5)14)7(15)11-3-1-2-10;/h4H,1-3,10H2,(H,11,15)(H,12,14,16);1H. The summed E-state index contributed by atoms with van der Waals surface area (Å²) in [5, 5.41) is 2.34. The number of hydrogen-bond donors (Lipinski definition) is 3. The molecule has 1 aromatic heterocycles. The highest BCUT2D eigenvalue weighted by Gasteiger charge is 2.09. The van der Waals surface area contributed by atoms with E-state index in [9.17, 15) is 18.8 Å². The molecule has 7 nitrogen and oxygen atoms in total. The molecule has 96 valence electrons. The largest absolute Gasteiger partial charge is 0.337 e. The Balaban J connectivity index is 0.00000256. The third kappa shape index (κ3) is 4.00. The van der Waals surface area contributed by atoms with Gasteiger partial charge in [-0.25, -0.2) is 14.2 Å². The normalized spacial score (nSPS) is 9.53. The first-order valence-electron chi connectivity index (χ1n) is 4.56. The smallest absolute Gasteiger partial charge is 0.336 e. The highest BCUT2D eigenvalue weighted by Crippen LogP contribution is 1.84. The van der Waals surface area contributed by atoms with Crippen molar-refractivity contribution in [2.24, 2.45) is 5.73 Å². The molecule has 0 saturated carbocycles. The number of carbonyl (C=O) groups excluding carboxylic acids is 1. The summed E-state index contributed by atoms with van der Waals surface area (Å²) in [5.41, 5.74) is 3.05. The fourth-order valence-electron chi connectivity index (χ4n) is 0.981. The minimum atomic E-state index is -1.20. The van der Waals surface area contributed by atoms with Gasteiger partial charge in [0.15, 0.2) is 0 Å². The summed E-state index contributed by atoms with van der Waals surface area (Å²) in [6.07, 6.45) is 1.07. The molecule has 0 unspecified atom stereocenters. The van der Waals surface area contributed by atoms with Crippen LogP contribution in [-0.4, -0.2) is 28.7 Å². The molecule has 0 radical (unpaired) electrons. The minimum Gasteiger partial charge on any atom is -0.337 e. The fourth-order valence-corrected chi connectivity index (χ4v) is 0.981. The second-order valence-corrected chi connectivity index (χ2v) is 2.98. The van der Waals surface area contributed by atoms with Crippen LogP contribution >= 0.6 is 12.4 Å². The lowest BCUT2D eigenvalue weighted by Gasteiger charge is -2.05. The third-order valence-corrected chi connectivity index (χ3v) is 1.77. The van der Waals surface area contributed by atoms with Crippen LogP contribution in [-0.2, 0) is 0 Å². The monoisotopic (exact) mass is 266 g/mol. The quantitative estimate of drug-likeness (QED) is 0.610. The lowest BCUT2D eigenvalue weighted by molar-refractivity contribution is 0.240. The maximum absolute atomic E-state index is 12.8. The molecule has 1 heterocycles. The number of nitrogens with zero attached hydrogens (tertiary/aromatic N) is 1. The van der Waals surface area contributed by atoms with Crippen molar-refractivity contribution < 1.29 is 9.18 Å². The van der Waals surface area contributed by atoms with Gasteiger partial charge in [0.25, 0.3) is 5.56 Å². The summed E-state index contributed by atoms with van der Waals surface area (Å²) in [6, 6.07) is -0.811. The molecular formula is C8H12ClFN4O3. The topological polar surface area (TPSA) is 110 Å². The lowest BCUT2D eigenvalue weighted by Crippen LogP contribution is -2.41. The molecule has 0 saturated heterocycles. The number of aromatic amines is 1. The molecular weight excluding hydrogens is 255 g/mol. The van der Waals surface area contributed by atoms with Crippen molar-refractivity contribution in [1.29, 1.82) is 0 Å². The minimum absolute atomic E-state index is 0. The highest BCUT2D eigenvalue weighted by molar-refractivity contribution is 5.85. The van der Waals surface area contributed by atoms with Gasteiger partial charge in [-0.2, -0.15) is 4.39 Å². The van der Waals surface area contributed by atoms with Crippen LogP contribution in [0, 0.1) is 5.82 Å². The van der Waals surface area contributed by atoms with Crippen LogP contribution in [0.25, 0.3) is 0 Å². The molecule has 1 amide bonds. The van der Waals surface area contributed by atoms with Gasteiger partial charge in [-0.15, -0.1) is 12.4 Å². The van der Waals surface area contributed by atoms with Crippen molar-refractivity contribution in [1.82, 2.24) is 14.9 Å². The van der Waals surface area contributed by atoms with Gasteiger partial charge in [-0.05, 0) is 13.0 Å². The SMILES string of the molecule is Cl.NCCCNC(=O)n1cc(F)c(=O)[nH]c1=O. The van der Waals surface area contributed by atoms with Crippen LogP contribution in [0.5, 0.6) is 0 Å². The first kappa shape index (κ1) is 15.3. The van der Waals surface area contributed by atoms with Gasteiger partial charge in [0.2, 0.25) is 5.82 Å². The number of carbonyl (C=O) groups is 1. The van der Waals surface area contributed by atoms with Gasteiger partial charge < -0.3 is 11.1 Å². The van der Waals surface area contributed by atoms with Crippen molar-refractivity contribution in [2.75, 3.05) is 13.1 Å². The molecule has 9 heteroatoms. The third-order valence-electron chi connectivity index (χ3n) is 1.77. The first-order chi connectivity index (χ1) is 7.56. The number of halogens is 2. The Hall–Kier alpha value is -1.67. The molecule has 0 fully saturated rings. The highest BCUT2D eigenvalue weighted by atomic mass is 35.5. The average molecular weight is 267 g/mol. The van der Waals surface area contributed by atoms with Crippen molar-refractivity contribution >= 4 is 18.4 Å². The van der Waals surface area contributed by atoms with Gasteiger partial charge in [0.05, 0.1) is 6.20 Å². The van der Waals surface area contributed by atoms with E-state index in [-0.39, 0.29) is 19.0 Å². The molecule has 4 N–H and O–H groups in total. The number of H-pyrrole nitrogens is 1. The maximum atomic E-state index is 12.8. The van der Waals surface area contributed by atoms with E-state index in [1.165, 1.54) is 0 Å². The van der Waals surface area contributed by atoms with Gasteiger partial charge in [-0.1, -0.05) is 0 Å². The van der Waals surface area contributed by atoms with Gasteiger partial charge in [0, 0.05) is 6.54 Å². The molecule has 1 rings (SSSR count). The van der Waals surface area contributed by atoms with E-state index in [0.717, 1.165) is 0 Å². The molecule has 17 heavy (non-hydrogen) atoms. The summed E-state index contributed by atoms with van der Waals surface area (Å²) in [4.78, 5) is 34.8. The van der Waals surface area contributed by atoms with E-state index >= 15 is 0 Å². The second-order valence-electron chi connectivity index (χ2n) is 2.98. The Morgan fingerprint density at radius 2 is 2.18 bits per heavy atom. The zero-order chi connectivity index (χ0) is 12.1. The van der Waals surface area contributed by atoms with Crippen LogP contribution in [0.4, 0.5) is 9.18 Å². The molecule has 0 aromatic carbocycles. The van der Waals surface area contributed by atoms with Crippen LogP contribution in [0.15, 0.2) is 15.8 Å². The van der Waals surface area contributed by atoms with E-state index < -0.39 is 23.1 Å².